The number of methoxy groups -OCH3 is 1. The van der Waals surface area contributed by atoms with E-state index in [0.29, 0.717) is 23.9 Å². The van der Waals surface area contributed by atoms with Crippen LogP contribution >= 0.6 is 0 Å². The summed E-state index contributed by atoms with van der Waals surface area (Å²) in [6, 6.07) is 18.8. The Hall–Kier alpha value is -3.41. The first kappa shape index (κ1) is 19.4. The van der Waals surface area contributed by atoms with Crippen LogP contribution in [0.25, 0.3) is 11.4 Å². The minimum atomic E-state index is -0.203. The zero-order chi connectivity index (χ0) is 19.8. The molecule has 1 aromatic heterocycles. The Morgan fingerprint density at radius 3 is 2.46 bits per heavy atom. The Balaban J connectivity index is 1.91. The predicted octanol–water partition coefficient (Wildman–Crippen LogP) is 4.43. The van der Waals surface area contributed by atoms with Crippen molar-refractivity contribution in [2.75, 3.05) is 19.0 Å². The molecule has 0 bridgehead atoms. The highest BCUT2D eigenvalue weighted by molar-refractivity contribution is 5.93. The normalized spacial score (nSPS) is 10.4. The molecule has 0 spiro atoms. The number of hydrogen-bond acceptors (Lipinski definition) is 5. The van der Waals surface area contributed by atoms with Crippen LogP contribution in [0.3, 0.4) is 0 Å². The van der Waals surface area contributed by atoms with E-state index in [4.69, 9.17) is 4.74 Å². The third-order valence-corrected chi connectivity index (χ3v) is 4.17. The van der Waals surface area contributed by atoms with Crippen molar-refractivity contribution in [3.63, 3.8) is 0 Å². The number of carbonyl (C=O) groups is 1. The molecule has 0 saturated heterocycles. The highest BCUT2D eigenvalue weighted by Gasteiger charge is 2.13. The number of nitrogens with zero attached hydrogens (tertiary/aromatic N) is 2. The maximum atomic E-state index is 12.5. The van der Waals surface area contributed by atoms with E-state index >= 15 is 0 Å². The largest absolute Gasteiger partial charge is 0.497 e. The first-order valence-corrected chi connectivity index (χ1v) is 9.33. The van der Waals surface area contributed by atoms with E-state index in [9.17, 15) is 4.79 Å². The van der Waals surface area contributed by atoms with E-state index in [1.54, 1.807) is 13.2 Å². The van der Waals surface area contributed by atoms with Gasteiger partial charge in [-0.2, -0.15) is 0 Å². The summed E-state index contributed by atoms with van der Waals surface area (Å²) in [4.78, 5) is 21.6. The minimum absolute atomic E-state index is 0.203. The maximum absolute atomic E-state index is 12.5. The van der Waals surface area contributed by atoms with Crippen LogP contribution in [0.1, 0.15) is 30.3 Å². The highest BCUT2D eigenvalue weighted by Crippen LogP contribution is 2.22. The summed E-state index contributed by atoms with van der Waals surface area (Å²) >= 11 is 0. The molecule has 0 saturated carbocycles. The topological polar surface area (TPSA) is 76.1 Å². The van der Waals surface area contributed by atoms with Crippen molar-refractivity contribution in [3.05, 3.63) is 66.4 Å². The molecular formula is C22H24N4O2. The molecule has 3 aromatic rings. The summed E-state index contributed by atoms with van der Waals surface area (Å²) in [7, 11) is 1.63. The summed E-state index contributed by atoms with van der Waals surface area (Å²) in [6.45, 7) is 2.71. The molecule has 3 rings (SSSR count). The molecule has 1 heterocycles. The van der Waals surface area contributed by atoms with Crippen molar-refractivity contribution in [2.45, 2.75) is 19.8 Å². The van der Waals surface area contributed by atoms with Crippen LogP contribution in [0.2, 0.25) is 0 Å². The first-order valence-electron chi connectivity index (χ1n) is 9.33. The van der Waals surface area contributed by atoms with Crippen LogP contribution in [0.5, 0.6) is 5.75 Å². The van der Waals surface area contributed by atoms with E-state index < -0.39 is 0 Å². The average Bonchev–Trinajstić information content (AvgIpc) is 2.75. The fourth-order valence-electron chi connectivity index (χ4n) is 2.64. The maximum Gasteiger partial charge on any atom is 0.270 e. The summed E-state index contributed by atoms with van der Waals surface area (Å²) < 4.78 is 5.19. The predicted molar refractivity (Wildman–Crippen MR) is 111 cm³/mol. The Morgan fingerprint density at radius 1 is 1.04 bits per heavy atom. The van der Waals surface area contributed by atoms with Crippen molar-refractivity contribution in [1.82, 2.24) is 15.3 Å². The first-order chi connectivity index (χ1) is 13.7. The smallest absolute Gasteiger partial charge is 0.270 e. The van der Waals surface area contributed by atoms with Gasteiger partial charge < -0.3 is 15.4 Å². The molecule has 0 aliphatic rings. The number of anilines is 2. The number of rotatable bonds is 8. The molecule has 0 radical (unpaired) electrons. The highest BCUT2D eigenvalue weighted by atomic mass is 16.5. The van der Waals surface area contributed by atoms with E-state index in [1.807, 2.05) is 54.6 Å². The van der Waals surface area contributed by atoms with Gasteiger partial charge in [0.1, 0.15) is 17.3 Å². The van der Waals surface area contributed by atoms with E-state index in [1.165, 1.54) is 0 Å². The third kappa shape index (κ3) is 5.07. The number of ether oxygens (including phenoxy) is 1. The number of amides is 1. The third-order valence-electron chi connectivity index (χ3n) is 4.17. The molecule has 2 aromatic carbocycles. The molecule has 2 N–H and O–H groups in total. The van der Waals surface area contributed by atoms with Crippen LogP contribution in [-0.4, -0.2) is 29.5 Å². The molecule has 144 valence electrons. The zero-order valence-corrected chi connectivity index (χ0v) is 16.1. The van der Waals surface area contributed by atoms with Crippen molar-refractivity contribution in [3.8, 4) is 17.1 Å². The second-order valence-electron chi connectivity index (χ2n) is 6.29. The van der Waals surface area contributed by atoms with E-state index in [2.05, 4.69) is 27.5 Å². The number of unbranched alkanes of at least 4 members (excludes halogenated alkanes) is 1. The van der Waals surface area contributed by atoms with Gasteiger partial charge in [0.15, 0.2) is 5.82 Å². The Morgan fingerprint density at radius 2 is 1.79 bits per heavy atom. The molecule has 28 heavy (non-hydrogen) atoms. The number of carbonyl (C=O) groups excluding carboxylic acids is 1. The summed E-state index contributed by atoms with van der Waals surface area (Å²) in [5.74, 6) is 1.62. The SMILES string of the molecule is CCCCNC(=O)c1cc(Nc2ccc(OC)cc2)nc(-c2ccccc2)n1. The molecular weight excluding hydrogens is 352 g/mol. The van der Waals surface area contributed by atoms with Gasteiger partial charge in [0.2, 0.25) is 0 Å². The lowest BCUT2D eigenvalue weighted by atomic mass is 10.2. The fraction of sp³-hybridized carbons (Fsp3) is 0.227. The van der Waals surface area contributed by atoms with E-state index in [-0.39, 0.29) is 5.91 Å². The summed E-state index contributed by atoms with van der Waals surface area (Å²) in [6.07, 6.45) is 1.95. The Bertz CT molecular complexity index is 912. The molecule has 6 nitrogen and oxygen atoms in total. The number of hydrogen-bond donors (Lipinski definition) is 2. The van der Waals surface area contributed by atoms with Crippen LogP contribution in [0.4, 0.5) is 11.5 Å². The van der Waals surface area contributed by atoms with Gasteiger partial charge in [-0.3, -0.25) is 4.79 Å². The standard InChI is InChI=1S/C22H24N4O2/c1-3-4-14-23-22(27)19-15-20(24-17-10-12-18(28-2)13-11-17)26-21(25-19)16-8-6-5-7-9-16/h5-13,15H,3-4,14H2,1-2H3,(H,23,27)(H,24,25,26). The molecule has 0 fully saturated rings. The van der Waals surface area contributed by atoms with Gasteiger partial charge in [0.25, 0.3) is 5.91 Å². The lowest BCUT2D eigenvalue weighted by Crippen LogP contribution is -2.25. The Labute approximate surface area is 165 Å². The monoisotopic (exact) mass is 376 g/mol. The van der Waals surface area contributed by atoms with Crippen LogP contribution in [0.15, 0.2) is 60.7 Å². The zero-order valence-electron chi connectivity index (χ0n) is 16.1. The second-order valence-corrected chi connectivity index (χ2v) is 6.29. The summed E-state index contributed by atoms with van der Waals surface area (Å²) in [5.41, 5.74) is 2.03. The number of benzene rings is 2. The fourth-order valence-corrected chi connectivity index (χ4v) is 2.64. The van der Waals surface area contributed by atoms with Crippen molar-refractivity contribution in [2.24, 2.45) is 0 Å². The summed E-state index contributed by atoms with van der Waals surface area (Å²) in [5, 5.41) is 6.15. The van der Waals surface area contributed by atoms with Crippen LogP contribution in [0, 0.1) is 0 Å². The minimum Gasteiger partial charge on any atom is -0.497 e. The average molecular weight is 376 g/mol. The van der Waals surface area contributed by atoms with Crippen molar-refractivity contribution < 1.29 is 9.53 Å². The Kier molecular flexibility index (Phi) is 6.57. The lowest BCUT2D eigenvalue weighted by molar-refractivity contribution is 0.0948. The number of nitrogens with one attached hydrogen (secondary N) is 2. The van der Waals surface area contributed by atoms with Gasteiger partial charge in [0.05, 0.1) is 7.11 Å². The van der Waals surface area contributed by atoms with Gasteiger partial charge in [-0.15, -0.1) is 0 Å². The van der Waals surface area contributed by atoms with Crippen LogP contribution < -0.4 is 15.4 Å². The van der Waals surface area contributed by atoms with Crippen LogP contribution in [-0.2, 0) is 0 Å². The lowest BCUT2D eigenvalue weighted by Gasteiger charge is -2.11. The van der Waals surface area contributed by atoms with Crippen molar-refractivity contribution >= 4 is 17.4 Å². The van der Waals surface area contributed by atoms with Gasteiger partial charge in [0, 0.05) is 23.9 Å². The molecule has 0 atom stereocenters. The van der Waals surface area contributed by atoms with Crippen molar-refractivity contribution in [1.29, 1.82) is 0 Å². The molecule has 0 aliphatic heterocycles. The molecule has 1 amide bonds. The number of aromatic nitrogens is 2. The molecule has 0 unspecified atom stereocenters. The van der Waals surface area contributed by atoms with Gasteiger partial charge in [-0.25, -0.2) is 9.97 Å². The van der Waals surface area contributed by atoms with Gasteiger partial charge in [-0.1, -0.05) is 43.7 Å². The quantitative estimate of drug-likeness (QED) is 0.569. The molecule has 6 heteroatoms. The van der Waals surface area contributed by atoms with Gasteiger partial charge in [-0.05, 0) is 30.7 Å². The molecule has 0 aliphatic carbocycles. The van der Waals surface area contributed by atoms with E-state index in [0.717, 1.165) is 29.8 Å². The second kappa shape index (κ2) is 9.50. The van der Waals surface area contributed by atoms with Gasteiger partial charge >= 0.3 is 0 Å².